The van der Waals surface area contributed by atoms with Gasteiger partial charge in [-0.1, -0.05) is 22.0 Å². The van der Waals surface area contributed by atoms with E-state index in [1.54, 1.807) is 29.6 Å². The first-order valence-corrected chi connectivity index (χ1v) is 9.07. The highest BCUT2D eigenvalue weighted by atomic mass is 79.9. The van der Waals surface area contributed by atoms with Crippen LogP contribution >= 0.6 is 27.3 Å². The van der Waals surface area contributed by atoms with Gasteiger partial charge in [0.1, 0.15) is 0 Å². The van der Waals surface area contributed by atoms with Crippen molar-refractivity contribution in [2.45, 2.75) is 17.4 Å². The van der Waals surface area contributed by atoms with E-state index in [1.807, 2.05) is 0 Å². The zero-order valence-corrected chi connectivity index (χ0v) is 13.9. The van der Waals surface area contributed by atoms with Crippen LogP contribution in [0.4, 0.5) is 0 Å². The molecule has 0 spiro atoms. The Labute approximate surface area is 134 Å². The predicted octanol–water partition coefficient (Wildman–Crippen LogP) is 3.00. The molecule has 1 heterocycles. The minimum Gasteiger partial charge on any atom is -0.481 e. The fraction of sp³-hybridized carbons (Fsp3) is 0.154. The summed E-state index contributed by atoms with van der Waals surface area (Å²) in [4.78, 5) is 11.7. The molecule has 0 fully saturated rings. The molecule has 0 amide bonds. The highest BCUT2D eigenvalue weighted by molar-refractivity contribution is 9.10. The number of carboxylic acid groups (broad SMARTS) is 1. The van der Waals surface area contributed by atoms with Gasteiger partial charge in [0.05, 0.1) is 17.4 Å². The van der Waals surface area contributed by atoms with Crippen LogP contribution in [-0.4, -0.2) is 19.5 Å². The van der Waals surface area contributed by atoms with Gasteiger partial charge in [0.2, 0.25) is 10.0 Å². The monoisotopic (exact) mass is 389 g/mol. The smallest absolute Gasteiger partial charge is 0.305 e. The average Bonchev–Trinajstić information content (AvgIpc) is 2.91. The molecule has 0 aliphatic rings. The van der Waals surface area contributed by atoms with Crippen LogP contribution in [0.2, 0.25) is 0 Å². The quantitative estimate of drug-likeness (QED) is 0.794. The van der Waals surface area contributed by atoms with Crippen molar-refractivity contribution in [3.05, 3.63) is 51.1 Å². The minimum atomic E-state index is -3.78. The Balaban J connectivity index is 2.27. The molecule has 1 unspecified atom stereocenters. The lowest BCUT2D eigenvalue weighted by atomic mass is 10.2. The maximum Gasteiger partial charge on any atom is 0.305 e. The molecule has 112 valence electrons. The summed E-state index contributed by atoms with van der Waals surface area (Å²) >= 11 is 4.55. The Morgan fingerprint density at radius 3 is 2.48 bits per heavy atom. The van der Waals surface area contributed by atoms with Crippen molar-refractivity contribution in [3.63, 3.8) is 0 Å². The number of carbonyl (C=O) groups is 1. The van der Waals surface area contributed by atoms with Gasteiger partial charge in [-0.2, -0.15) is 0 Å². The molecule has 2 rings (SSSR count). The van der Waals surface area contributed by atoms with E-state index in [-0.39, 0.29) is 11.3 Å². The van der Waals surface area contributed by atoms with E-state index in [0.29, 0.717) is 4.88 Å². The standard InChI is InChI=1S/C13H12BrNO4S2/c14-9-3-5-10(6-4-9)21(18,19)15-11(8-13(16)17)12-2-1-7-20-12/h1-7,11,15H,8H2,(H,16,17). The lowest BCUT2D eigenvalue weighted by Gasteiger charge is -2.15. The van der Waals surface area contributed by atoms with Crippen LogP contribution in [-0.2, 0) is 14.8 Å². The largest absolute Gasteiger partial charge is 0.481 e. The van der Waals surface area contributed by atoms with Crippen molar-refractivity contribution >= 4 is 43.3 Å². The zero-order valence-electron chi connectivity index (χ0n) is 10.7. The van der Waals surface area contributed by atoms with E-state index in [2.05, 4.69) is 20.7 Å². The Morgan fingerprint density at radius 2 is 1.95 bits per heavy atom. The lowest BCUT2D eigenvalue weighted by Crippen LogP contribution is -2.29. The molecular formula is C13H12BrNO4S2. The number of carboxylic acids is 1. The molecule has 0 bridgehead atoms. The number of rotatable bonds is 6. The fourth-order valence-electron chi connectivity index (χ4n) is 1.73. The molecule has 21 heavy (non-hydrogen) atoms. The molecule has 0 aliphatic heterocycles. The molecule has 1 atom stereocenters. The van der Waals surface area contributed by atoms with Crippen LogP contribution in [0.25, 0.3) is 0 Å². The first kappa shape index (κ1) is 16.2. The van der Waals surface area contributed by atoms with Crippen LogP contribution in [0.5, 0.6) is 0 Å². The highest BCUT2D eigenvalue weighted by Crippen LogP contribution is 2.25. The molecule has 0 radical (unpaired) electrons. The van der Waals surface area contributed by atoms with E-state index in [9.17, 15) is 13.2 Å². The fourth-order valence-corrected chi connectivity index (χ4v) is 4.07. The maximum atomic E-state index is 12.3. The molecule has 2 N–H and O–H groups in total. The number of halogens is 1. The van der Waals surface area contributed by atoms with Gasteiger partial charge in [-0.15, -0.1) is 11.3 Å². The Kier molecular flexibility index (Phi) is 5.15. The van der Waals surface area contributed by atoms with Gasteiger partial charge in [-0.3, -0.25) is 4.79 Å². The summed E-state index contributed by atoms with van der Waals surface area (Å²) in [6.07, 6.45) is -0.309. The third-order valence-corrected chi connectivity index (χ3v) is 5.69. The summed E-state index contributed by atoms with van der Waals surface area (Å²) < 4.78 is 27.8. The van der Waals surface area contributed by atoms with Gasteiger partial charge in [0.15, 0.2) is 0 Å². The minimum absolute atomic E-state index is 0.0950. The molecule has 1 aromatic carbocycles. The van der Waals surface area contributed by atoms with E-state index < -0.39 is 22.0 Å². The van der Waals surface area contributed by atoms with Crippen molar-refractivity contribution in [2.24, 2.45) is 0 Å². The number of hydrogen-bond donors (Lipinski definition) is 2. The number of nitrogens with one attached hydrogen (secondary N) is 1. The first-order valence-electron chi connectivity index (χ1n) is 5.91. The second-order valence-electron chi connectivity index (χ2n) is 4.24. The summed E-state index contributed by atoms with van der Waals surface area (Å²) in [6.45, 7) is 0. The predicted molar refractivity (Wildman–Crippen MR) is 83.8 cm³/mol. The highest BCUT2D eigenvalue weighted by Gasteiger charge is 2.24. The van der Waals surface area contributed by atoms with Gasteiger partial charge in [0.25, 0.3) is 0 Å². The third-order valence-electron chi connectivity index (χ3n) is 2.69. The number of sulfonamides is 1. The second kappa shape index (κ2) is 6.69. The van der Waals surface area contributed by atoms with Crippen molar-refractivity contribution in [2.75, 3.05) is 0 Å². The third kappa shape index (κ3) is 4.37. The normalized spacial score (nSPS) is 13.0. The van der Waals surface area contributed by atoms with Crippen molar-refractivity contribution in [1.82, 2.24) is 4.72 Å². The number of thiophene rings is 1. The maximum absolute atomic E-state index is 12.3. The molecule has 1 aromatic heterocycles. The van der Waals surface area contributed by atoms with E-state index >= 15 is 0 Å². The zero-order chi connectivity index (χ0) is 15.5. The number of aliphatic carboxylic acids is 1. The van der Waals surface area contributed by atoms with Crippen molar-refractivity contribution in [1.29, 1.82) is 0 Å². The molecular weight excluding hydrogens is 378 g/mol. The first-order chi connectivity index (χ1) is 9.88. The number of hydrogen-bond acceptors (Lipinski definition) is 4. The molecule has 0 saturated heterocycles. The molecule has 0 saturated carbocycles. The summed E-state index contributed by atoms with van der Waals surface area (Å²) in [5, 5.41) is 10.7. The Morgan fingerprint density at radius 1 is 1.29 bits per heavy atom. The second-order valence-corrected chi connectivity index (χ2v) is 7.85. The van der Waals surface area contributed by atoms with Crippen molar-refractivity contribution in [3.8, 4) is 0 Å². The van der Waals surface area contributed by atoms with Crippen LogP contribution < -0.4 is 4.72 Å². The summed E-state index contributed by atoms with van der Waals surface area (Å²) in [6, 6.07) is 8.83. The van der Waals surface area contributed by atoms with Crippen LogP contribution in [0.3, 0.4) is 0 Å². The van der Waals surface area contributed by atoms with Crippen LogP contribution in [0.1, 0.15) is 17.3 Å². The van der Waals surface area contributed by atoms with Gasteiger partial charge in [0, 0.05) is 9.35 Å². The summed E-state index contributed by atoms with van der Waals surface area (Å²) in [7, 11) is -3.78. The SMILES string of the molecule is O=C(O)CC(NS(=O)(=O)c1ccc(Br)cc1)c1cccs1. The Bertz CT molecular complexity index is 711. The topological polar surface area (TPSA) is 83.5 Å². The van der Waals surface area contributed by atoms with Gasteiger partial charge in [-0.05, 0) is 35.7 Å². The van der Waals surface area contributed by atoms with Gasteiger partial charge in [-0.25, -0.2) is 13.1 Å². The van der Waals surface area contributed by atoms with Crippen LogP contribution in [0.15, 0.2) is 51.1 Å². The van der Waals surface area contributed by atoms with Gasteiger partial charge >= 0.3 is 5.97 Å². The van der Waals surface area contributed by atoms with Crippen LogP contribution in [0, 0.1) is 0 Å². The average molecular weight is 390 g/mol. The lowest BCUT2D eigenvalue weighted by molar-refractivity contribution is -0.137. The summed E-state index contributed by atoms with van der Waals surface area (Å²) in [5.74, 6) is -1.06. The Hall–Kier alpha value is -1.22. The molecule has 2 aromatic rings. The van der Waals surface area contributed by atoms with Crippen molar-refractivity contribution < 1.29 is 18.3 Å². The molecule has 0 aliphatic carbocycles. The van der Waals surface area contributed by atoms with E-state index in [4.69, 9.17) is 5.11 Å². The summed E-state index contributed by atoms with van der Waals surface area (Å²) in [5.41, 5.74) is 0. The van der Waals surface area contributed by atoms with E-state index in [1.165, 1.54) is 23.5 Å². The molecule has 5 nitrogen and oxygen atoms in total. The van der Waals surface area contributed by atoms with E-state index in [0.717, 1.165) is 4.47 Å². The molecule has 8 heteroatoms. The van der Waals surface area contributed by atoms with Gasteiger partial charge < -0.3 is 5.11 Å². The number of benzene rings is 1.